The van der Waals surface area contributed by atoms with Crippen LogP contribution in [0, 0.1) is 17.7 Å². The van der Waals surface area contributed by atoms with Crippen molar-refractivity contribution in [2.45, 2.75) is 63.6 Å². The van der Waals surface area contributed by atoms with E-state index in [1.54, 1.807) is 42.4 Å². The lowest BCUT2D eigenvalue weighted by molar-refractivity contribution is -0.146. The van der Waals surface area contributed by atoms with Crippen LogP contribution >= 0.6 is 0 Å². The summed E-state index contributed by atoms with van der Waals surface area (Å²) in [5, 5.41) is 6.21. The lowest BCUT2D eigenvalue weighted by Crippen LogP contribution is -2.47. The fourth-order valence-corrected chi connectivity index (χ4v) is 8.24. The molecule has 4 aromatic rings. The Labute approximate surface area is 309 Å². The van der Waals surface area contributed by atoms with Crippen molar-refractivity contribution >= 4 is 39.9 Å². The summed E-state index contributed by atoms with van der Waals surface area (Å²) in [6.07, 6.45) is 3.70. The average molecular weight is 747 g/mol. The van der Waals surface area contributed by atoms with Gasteiger partial charge in [-0.25, -0.2) is 4.39 Å². The number of rotatable bonds is 7. The van der Waals surface area contributed by atoms with Gasteiger partial charge in [-0.1, -0.05) is 6.07 Å². The maximum atomic E-state index is 15.3. The predicted octanol–water partition coefficient (Wildman–Crippen LogP) is 6.39. The molecule has 3 saturated heterocycles. The Bertz CT molecular complexity index is 2150. The number of halogens is 4. The van der Waals surface area contributed by atoms with E-state index in [1.165, 1.54) is 35.2 Å². The van der Waals surface area contributed by atoms with Crippen LogP contribution < -0.4 is 21.1 Å². The van der Waals surface area contributed by atoms with E-state index in [-0.39, 0.29) is 29.0 Å². The normalized spacial score (nSPS) is 19.6. The van der Waals surface area contributed by atoms with Crippen molar-refractivity contribution in [3.8, 4) is 11.1 Å². The number of carbonyl (C=O) groups excluding carboxylic acids is 3. The Morgan fingerprint density at radius 3 is 2.30 bits per heavy atom. The van der Waals surface area contributed by atoms with E-state index >= 15 is 4.39 Å². The third-order valence-corrected chi connectivity index (χ3v) is 11.4. The molecule has 54 heavy (non-hydrogen) atoms. The van der Waals surface area contributed by atoms with Gasteiger partial charge in [0.15, 0.2) is 0 Å². The predicted molar refractivity (Wildman–Crippen MR) is 197 cm³/mol. The maximum Gasteiger partial charge on any atom is 0.395 e. The van der Waals surface area contributed by atoms with E-state index in [9.17, 15) is 32.3 Å². The Morgan fingerprint density at radius 1 is 0.926 bits per heavy atom. The zero-order valence-electron chi connectivity index (χ0n) is 30.1. The highest BCUT2D eigenvalue weighted by Crippen LogP contribution is 2.40. The SMILES string of the molecule is CC(c1cc(-c2cn(C)c(=O)c3cnccc23)ccc1C(=O)N1CCC(C2CCN(c3ccc(NC4CCC(=O)NC4=O)cc3F)CC2)CC1)C(F)(F)F. The molecular formula is C40H42F4N6O4. The molecule has 3 aliphatic heterocycles. The summed E-state index contributed by atoms with van der Waals surface area (Å²) in [5.74, 6) is -2.75. The van der Waals surface area contributed by atoms with Gasteiger partial charge in [-0.3, -0.25) is 29.5 Å². The van der Waals surface area contributed by atoms with E-state index in [1.807, 2.05) is 4.90 Å². The number of aryl methyl sites for hydroxylation is 1. The lowest BCUT2D eigenvalue weighted by atomic mass is 9.78. The van der Waals surface area contributed by atoms with Crippen LogP contribution in [0.25, 0.3) is 21.9 Å². The molecule has 2 N–H and O–H groups in total. The Morgan fingerprint density at radius 2 is 1.63 bits per heavy atom. The summed E-state index contributed by atoms with van der Waals surface area (Å²) in [4.78, 5) is 57.9. The molecule has 3 fully saturated rings. The number of aromatic nitrogens is 2. The van der Waals surface area contributed by atoms with Crippen molar-refractivity contribution in [2.75, 3.05) is 36.4 Å². The highest BCUT2D eigenvalue weighted by atomic mass is 19.4. The Balaban J connectivity index is 0.997. The number of likely N-dealkylation sites (tertiary alicyclic amines) is 1. The van der Waals surface area contributed by atoms with Gasteiger partial charge in [-0.05, 0) is 104 Å². The van der Waals surface area contributed by atoms with Gasteiger partial charge >= 0.3 is 6.18 Å². The summed E-state index contributed by atoms with van der Waals surface area (Å²) in [7, 11) is 1.58. The second kappa shape index (κ2) is 14.9. The standard InChI is InChI=1S/C40H42F4N6O4/c1-23(40(42,43)44)30-19-26(32-22-48(2)38(53)31-21-45-14-9-28(31)32)3-5-29(30)39(54)50-17-12-25(13-18-50)24-10-15-49(16-11-24)35-7-4-27(20-33(35)41)46-34-6-8-36(51)47-37(34)52/h3-5,7,9,14,19-25,34,46H,6,8,10-13,15-18H2,1-2H3,(H,47,51,52). The molecular weight excluding hydrogens is 704 g/mol. The lowest BCUT2D eigenvalue weighted by Gasteiger charge is -2.41. The summed E-state index contributed by atoms with van der Waals surface area (Å²) in [6.45, 7) is 3.25. The van der Waals surface area contributed by atoms with E-state index in [0.29, 0.717) is 77.7 Å². The first-order valence-corrected chi connectivity index (χ1v) is 18.4. The number of pyridine rings is 2. The minimum Gasteiger partial charge on any atom is -0.374 e. The second-order valence-corrected chi connectivity index (χ2v) is 14.7. The molecule has 0 aliphatic carbocycles. The van der Waals surface area contributed by atoms with Crippen molar-refractivity contribution in [2.24, 2.45) is 18.9 Å². The number of carbonyl (C=O) groups is 3. The molecule has 2 aromatic heterocycles. The Hall–Kier alpha value is -5.27. The molecule has 7 rings (SSSR count). The number of fused-ring (bicyclic) bond motifs is 1. The van der Waals surface area contributed by atoms with Crippen LogP contribution in [0.5, 0.6) is 0 Å². The van der Waals surface area contributed by atoms with Crippen LogP contribution in [0.4, 0.5) is 28.9 Å². The van der Waals surface area contributed by atoms with Gasteiger partial charge < -0.3 is 19.7 Å². The fourth-order valence-electron chi connectivity index (χ4n) is 8.24. The minimum atomic E-state index is -4.58. The van der Waals surface area contributed by atoms with E-state index in [0.717, 1.165) is 32.6 Å². The summed E-state index contributed by atoms with van der Waals surface area (Å²) in [6, 6.07) is 10.4. The molecule has 0 radical (unpaired) electrons. The van der Waals surface area contributed by atoms with Gasteiger partial charge in [0, 0.05) is 75.1 Å². The molecule has 284 valence electrons. The zero-order valence-corrected chi connectivity index (χ0v) is 30.1. The quantitative estimate of drug-likeness (QED) is 0.166. The number of amides is 3. The van der Waals surface area contributed by atoms with Crippen LogP contribution in [-0.4, -0.2) is 70.6 Å². The van der Waals surface area contributed by atoms with Gasteiger partial charge in [-0.15, -0.1) is 0 Å². The molecule has 10 nitrogen and oxygen atoms in total. The van der Waals surface area contributed by atoms with Gasteiger partial charge in [0.25, 0.3) is 11.5 Å². The summed E-state index contributed by atoms with van der Waals surface area (Å²) < 4.78 is 59.3. The maximum absolute atomic E-state index is 15.3. The second-order valence-electron chi connectivity index (χ2n) is 14.7. The van der Waals surface area contributed by atoms with E-state index < -0.39 is 35.8 Å². The first-order chi connectivity index (χ1) is 25.8. The molecule has 2 unspecified atom stereocenters. The molecule has 3 amide bonds. The van der Waals surface area contributed by atoms with Gasteiger partial charge in [0.05, 0.1) is 17.0 Å². The Kier molecular flexibility index (Phi) is 10.2. The largest absolute Gasteiger partial charge is 0.395 e. The van der Waals surface area contributed by atoms with Crippen molar-refractivity contribution in [1.29, 1.82) is 0 Å². The zero-order chi connectivity index (χ0) is 38.3. The van der Waals surface area contributed by atoms with Gasteiger partial charge in [0.2, 0.25) is 11.8 Å². The first-order valence-electron chi connectivity index (χ1n) is 18.4. The highest BCUT2D eigenvalue weighted by Gasteiger charge is 2.40. The minimum absolute atomic E-state index is 0.0199. The molecule has 0 spiro atoms. The van der Waals surface area contributed by atoms with Gasteiger partial charge in [0.1, 0.15) is 11.9 Å². The molecule has 0 saturated carbocycles. The molecule has 14 heteroatoms. The number of nitrogens with zero attached hydrogens (tertiary/aromatic N) is 4. The highest BCUT2D eigenvalue weighted by molar-refractivity contribution is 6.01. The summed E-state index contributed by atoms with van der Waals surface area (Å²) >= 11 is 0. The number of hydrogen-bond acceptors (Lipinski definition) is 7. The summed E-state index contributed by atoms with van der Waals surface area (Å²) in [5.41, 5.74) is 1.63. The third kappa shape index (κ3) is 7.42. The molecule has 2 aromatic carbocycles. The third-order valence-electron chi connectivity index (χ3n) is 11.4. The molecule has 0 bridgehead atoms. The number of imide groups is 1. The van der Waals surface area contributed by atoms with Crippen molar-refractivity contribution in [1.82, 2.24) is 19.8 Å². The van der Waals surface area contributed by atoms with Crippen LogP contribution in [-0.2, 0) is 16.6 Å². The monoisotopic (exact) mass is 746 g/mol. The van der Waals surface area contributed by atoms with Crippen LogP contribution in [0.2, 0.25) is 0 Å². The van der Waals surface area contributed by atoms with Crippen molar-refractivity contribution < 1.29 is 31.9 Å². The number of anilines is 2. The van der Waals surface area contributed by atoms with Gasteiger partial charge in [-0.2, -0.15) is 13.2 Å². The number of nitrogens with one attached hydrogen (secondary N) is 2. The van der Waals surface area contributed by atoms with Crippen molar-refractivity contribution in [3.05, 3.63) is 88.4 Å². The van der Waals surface area contributed by atoms with Crippen LogP contribution in [0.1, 0.15) is 67.3 Å². The number of benzene rings is 2. The van der Waals surface area contributed by atoms with Crippen LogP contribution in [0.3, 0.4) is 0 Å². The molecule has 3 aliphatic rings. The van der Waals surface area contributed by atoms with Crippen molar-refractivity contribution in [3.63, 3.8) is 0 Å². The number of hydrogen-bond donors (Lipinski definition) is 2. The number of alkyl halides is 3. The van der Waals surface area contributed by atoms with Crippen LogP contribution in [0.15, 0.2) is 65.8 Å². The average Bonchev–Trinajstić information content (AvgIpc) is 3.16. The fraction of sp³-hybridized carbons (Fsp3) is 0.425. The topological polar surface area (TPSA) is 117 Å². The smallest absolute Gasteiger partial charge is 0.374 e. The molecule has 2 atom stereocenters. The first kappa shape index (κ1) is 37.1. The van der Waals surface area contributed by atoms with E-state index in [2.05, 4.69) is 15.6 Å². The van der Waals surface area contributed by atoms with E-state index in [4.69, 9.17) is 0 Å². The molecule has 5 heterocycles. The number of piperidine rings is 3.